The number of sulfonamides is 1. The van der Waals surface area contributed by atoms with Crippen LogP contribution in [0.3, 0.4) is 0 Å². The minimum absolute atomic E-state index is 0.00547. The van der Waals surface area contributed by atoms with Gasteiger partial charge >= 0.3 is 11.9 Å². The predicted molar refractivity (Wildman–Crippen MR) is 121 cm³/mol. The summed E-state index contributed by atoms with van der Waals surface area (Å²) >= 11 is 1.21. The lowest BCUT2D eigenvalue weighted by Crippen LogP contribution is -2.33. The number of nitrogens with zero attached hydrogens (tertiary/aromatic N) is 1. The van der Waals surface area contributed by atoms with Crippen molar-refractivity contribution >= 4 is 44.2 Å². The number of benzene rings is 1. The van der Waals surface area contributed by atoms with Crippen LogP contribution in [0.2, 0.25) is 0 Å². The van der Waals surface area contributed by atoms with Gasteiger partial charge in [0.25, 0.3) is 5.91 Å². The van der Waals surface area contributed by atoms with E-state index in [4.69, 9.17) is 9.47 Å². The van der Waals surface area contributed by atoms with Gasteiger partial charge in [-0.15, -0.1) is 11.3 Å². The van der Waals surface area contributed by atoms with E-state index in [1.165, 1.54) is 54.1 Å². The monoisotopic (exact) mass is 482 g/mol. The van der Waals surface area contributed by atoms with E-state index in [0.717, 1.165) is 4.88 Å². The molecule has 0 bridgehead atoms. The van der Waals surface area contributed by atoms with Crippen LogP contribution in [-0.2, 0) is 24.3 Å². The Bertz CT molecular complexity index is 1140. The van der Waals surface area contributed by atoms with Crippen molar-refractivity contribution in [1.82, 2.24) is 4.31 Å². The van der Waals surface area contributed by atoms with Gasteiger partial charge in [-0.2, -0.15) is 4.31 Å². The Balaban J connectivity index is 2.10. The van der Waals surface area contributed by atoms with E-state index in [9.17, 15) is 22.8 Å². The van der Waals surface area contributed by atoms with Gasteiger partial charge in [-0.05, 0) is 51.5 Å². The molecule has 0 atom stereocenters. The first-order valence-corrected chi connectivity index (χ1v) is 11.9. The number of hydrogen-bond donors (Lipinski definition) is 1. The standard InChI is InChI=1S/C21H26N2O7S2/c1-12(2)23(5)32(27,28)16-9-7-8-15(10-16)20(25)30-11-17(24)22-19-18(21(26)29-6)13(3)14(4)31-19/h7-10,12H,11H2,1-6H3,(H,22,24). The third-order valence-electron chi connectivity index (χ3n) is 4.84. The van der Waals surface area contributed by atoms with E-state index in [-0.39, 0.29) is 22.1 Å². The van der Waals surface area contributed by atoms with Crippen LogP contribution in [0.4, 0.5) is 5.00 Å². The zero-order valence-electron chi connectivity index (χ0n) is 18.7. The van der Waals surface area contributed by atoms with Crippen molar-refractivity contribution in [1.29, 1.82) is 0 Å². The van der Waals surface area contributed by atoms with E-state index >= 15 is 0 Å². The maximum atomic E-state index is 12.6. The van der Waals surface area contributed by atoms with Gasteiger partial charge in [-0.25, -0.2) is 18.0 Å². The molecule has 0 fully saturated rings. The van der Waals surface area contributed by atoms with E-state index in [0.29, 0.717) is 10.6 Å². The first-order valence-electron chi connectivity index (χ1n) is 9.63. The summed E-state index contributed by atoms with van der Waals surface area (Å²) in [6.07, 6.45) is 0. The first kappa shape index (κ1) is 25.5. The summed E-state index contributed by atoms with van der Waals surface area (Å²) in [5.41, 5.74) is 0.939. The fourth-order valence-corrected chi connectivity index (χ4v) is 5.15. The molecule has 2 rings (SSSR count). The van der Waals surface area contributed by atoms with Crippen molar-refractivity contribution < 1.29 is 32.3 Å². The van der Waals surface area contributed by atoms with Gasteiger partial charge in [0, 0.05) is 18.0 Å². The summed E-state index contributed by atoms with van der Waals surface area (Å²) in [7, 11) is -1.08. The second-order valence-corrected chi connectivity index (χ2v) is 10.5. The molecular weight excluding hydrogens is 456 g/mol. The molecule has 0 unspecified atom stereocenters. The van der Waals surface area contributed by atoms with Crippen LogP contribution in [0.15, 0.2) is 29.2 Å². The predicted octanol–water partition coefficient (Wildman–Crippen LogP) is 2.98. The molecule has 1 heterocycles. The van der Waals surface area contributed by atoms with Crippen LogP contribution in [0.1, 0.15) is 45.0 Å². The van der Waals surface area contributed by atoms with Crippen molar-refractivity contribution in [3.63, 3.8) is 0 Å². The molecule has 0 saturated carbocycles. The number of anilines is 1. The van der Waals surface area contributed by atoms with Crippen LogP contribution < -0.4 is 5.32 Å². The number of thiophene rings is 1. The molecule has 1 N–H and O–H groups in total. The third kappa shape index (κ3) is 5.53. The van der Waals surface area contributed by atoms with Gasteiger partial charge in [0.15, 0.2) is 6.61 Å². The normalized spacial score (nSPS) is 11.5. The molecule has 0 aliphatic rings. The third-order valence-corrected chi connectivity index (χ3v) is 7.99. The van der Waals surface area contributed by atoms with Gasteiger partial charge in [0.05, 0.1) is 23.1 Å². The quantitative estimate of drug-likeness (QED) is 0.575. The summed E-state index contributed by atoms with van der Waals surface area (Å²) in [6, 6.07) is 5.15. The Labute approximate surface area is 191 Å². The minimum atomic E-state index is -3.78. The zero-order valence-corrected chi connectivity index (χ0v) is 20.3. The van der Waals surface area contributed by atoms with E-state index in [1.807, 2.05) is 0 Å². The van der Waals surface area contributed by atoms with Gasteiger partial charge in [-0.3, -0.25) is 4.79 Å². The number of carbonyl (C=O) groups is 3. The molecule has 1 aromatic heterocycles. The molecule has 2 aromatic rings. The molecule has 0 spiro atoms. The highest BCUT2D eigenvalue weighted by atomic mass is 32.2. The molecule has 0 saturated heterocycles. The van der Waals surface area contributed by atoms with Crippen molar-refractivity contribution in [3.8, 4) is 0 Å². The molecular formula is C21H26N2O7S2. The summed E-state index contributed by atoms with van der Waals surface area (Å²) < 4.78 is 36.2. The van der Waals surface area contributed by atoms with Crippen molar-refractivity contribution in [3.05, 3.63) is 45.8 Å². The fraction of sp³-hybridized carbons (Fsp3) is 0.381. The number of methoxy groups -OCH3 is 1. The molecule has 1 amide bonds. The molecule has 1 aromatic carbocycles. The number of nitrogens with one attached hydrogen (secondary N) is 1. The maximum absolute atomic E-state index is 12.6. The molecule has 174 valence electrons. The van der Waals surface area contributed by atoms with E-state index in [2.05, 4.69) is 5.32 Å². The highest BCUT2D eigenvalue weighted by Gasteiger charge is 2.25. The maximum Gasteiger partial charge on any atom is 0.341 e. The second-order valence-electron chi connectivity index (χ2n) is 7.25. The van der Waals surface area contributed by atoms with Crippen molar-refractivity contribution in [2.45, 2.75) is 38.6 Å². The number of ether oxygens (including phenoxy) is 2. The Morgan fingerprint density at radius 1 is 1.16 bits per heavy atom. The van der Waals surface area contributed by atoms with Crippen LogP contribution in [0.5, 0.6) is 0 Å². The first-order chi connectivity index (χ1) is 14.9. The van der Waals surface area contributed by atoms with Gasteiger partial charge in [-0.1, -0.05) is 6.07 Å². The molecule has 0 radical (unpaired) electrons. The summed E-state index contributed by atoms with van der Waals surface area (Å²) in [6.45, 7) is 6.40. The lowest BCUT2D eigenvalue weighted by Gasteiger charge is -2.21. The molecule has 32 heavy (non-hydrogen) atoms. The number of carbonyl (C=O) groups excluding carboxylic acids is 3. The Morgan fingerprint density at radius 3 is 2.41 bits per heavy atom. The molecule has 9 nitrogen and oxygen atoms in total. The van der Waals surface area contributed by atoms with Crippen LogP contribution in [-0.4, -0.2) is 57.4 Å². The fourth-order valence-electron chi connectivity index (χ4n) is 2.67. The Hall–Kier alpha value is -2.76. The number of rotatable bonds is 8. The largest absolute Gasteiger partial charge is 0.465 e. The van der Waals surface area contributed by atoms with Crippen molar-refractivity contribution in [2.75, 3.05) is 26.1 Å². The highest BCUT2D eigenvalue weighted by Crippen LogP contribution is 2.32. The SMILES string of the molecule is COC(=O)c1c(NC(=O)COC(=O)c2cccc(S(=O)(=O)N(C)C(C)C)c2)sc(C)c1C. The summed E-state index contributed by atoms with van der Waals surface area (Å²) in [4.78, 5) is 37.4. The number of hydrogen-bond acceptors (Lipinski definition) is 8. The van der Waals surface area contributed by atoms with Crippen molar-refractivity contribution in [2.24, 2.45) is 0 Å². The number of esters is 2. The molecule has 0 aliphatic carbocycles. The topological polar surface area (TPSA) is 119 Å². The average molecular weight is 483 g/mol. The van der Waals surface area contributed by atoms with Crippen LogP contribution in [0, 0.1) is 13.8 Å². The zero-order chi connectivity index (χ0) is 24.2. The summed E-state index contributed by atoms with van der Waals surface area (Å²) in [5.74, 6) is -2.08. The molecule has 11 heteroatoms. The van der Waals surface area contributed by atoms with Crippen LogP contribution >= 0.6 is 11.3 Å². The number of amides is 1. The lowest BCUT2D eigenvalue weighted by atomic mass is 10.1. The lowest BCUT2D eigenvalue weighted by molar-refractivity contribution is -0.119. The van der Waals surface area contributed by atoms with Crippen LogP contribution in [0.25, 0.3) is 0 Å². The van der Waals surface area contributed by atoms with Gasteiger partial charge < -0.3 is 14.8 Å². The van der Waals surface area contributed by atoms with Gasteiger partial charge in [0.1, 0.15) is 5.00 Å². The second kappa shape index (κ2) is 10.2. The average Bonchev–Trinajstić information content (AvgIpc) is 3.03. The number of aryl methyl sites for hydroxylation is 1. The van der Waals surface area contributed by atoms with E-state index in [1.54, 1.807) is 27.7 Å². The highest BCUT2D eigenvalue weighted by molar-refractivity contribution is 7.89. The Kier molecular flexibility index (Phi) is 8.16. The Morgan fingerprint density at radius 2 is 1.81 bits per heavy atom. The minimum Gasteiger partial charge on any atom is -0.465 e. The van der Waals surface area contributed by atoms with Gasteiger partial charge in [0.2, 0.25) is 10.0 Å². The van der Waals surface area contributed by atoms with E-state index < -0.39 is 34.5 Å². The smallest absolute Gasteiger partial charge is 0.341 e. The summed E-state index contributed by atoms with van der Waals surface area (Å²) in [5, 5.41) is 2.86. The molecule has 0 aliphatic heterocycles.